The zero-order chi connectivity index (χ0) is 11.4. The molecule has 88 valence electrons. The Hall–Kier alpha value is -1.06. The molecule has 1 aliphatic heterocycles. The Labute approximate surface area is 97.2 Å². The van der Waals surface area contributed by atoms with Gasteiger partial charge in [0.1, 0.15) is 12.4 Å². The molecule has 1 saturated heterocycles. The van der Waals surface area contributed by atoms with Crippen molar-refractivity contribution in [2.45, 2.75) is 18.9 Å². The van der Waals surface area contributed by atoms with Crippen LogP contribution in [0.25, 0.3) is 0 Å². The number of benzene rings is 1. The highest BCUT2D eigenvalue weighted by molar-refractivity contribution is 5.20. The van der Waals surface area contributed by atoms with Crippen molar-refractivity contribution >= 4 is 0 Å². The second-order valence-electron chi connectivity index (χ2n) is 4.59. The van der Waals surface area contributed by atoms with Crippen LogP contribution in [-0.4, -0.2) is 36.7 Å². The van der Waals surface area contributed by atoms with Crippen LogP contribution < -0.4 is 10.5 Å². The van der Waals surface area contributed by atoms with Gasteiger partial charge < -0.3 is 10.5 Å². The van der Waals surface area contributed by atoms with Crippen molar-refractivity contribution in [1.82, 2.24) is 4.90 Å². The van der Waals surface area contributed by atoms with Gasteiger partial charge >= 0.3 is 0 Å². The summed E-state index contributed by atoms with van der Waals surface area (Å²) in [4.78, 5) is 2.34. The van der Waals surface area contributed by atoms with Gasteiger partial charge in [0.05, 0.1) is 0 Å². The maximum absolute atomic E-state index is 6.09. The molecule has 1 aromatic carbocycles. The number of hydrogen-bond acceptors (Lipinski definition) is 3. The van der Waals surface area contributed by atoms with E-state index in [0.717, 1.165) is 38.4 Å². The van der Waals surface area contributed by atoms with Crippen LogP contribution in [0.4, 0.5) is 0 Å². The molecule has 1 aromatic rings. The summed E-state index contributed by atoms with van der Waals surface area (Å²) in [5, 5.41) is 0. The van der Waals surface area contributed by atoms with Crippen LogP contribution >= 0.6 is 0 Å². The van der Waals surface area contributed by atoms with Gasteiger partial charge in [-0.3, -0.25) is 4.90 Å². The molecule has 0 bridgehead atoms. The van der Waals surface area contributed by atoms with Crippen LogP contribution in [0.3, 0.4) is 0 Å². The van der Waals surface area contributed by atoms with Crippen LogP contribution in [-0.2, 0) is 0 Å². The second-order valence-corrected chi connectivity index (χ2v) is 4.59. The maximum atomic E-state index is 6.09. The molecule has 0 aliphatic carbocycles. The van der Waals surface area contributed by atoms with Crippen molar-refractivity contribution in [2.75, 3.05) is 26.2 Å². The van der Waals surface area contributed by atoms with Gasteiger partial charge in [-0.25, -0.2) is 0 Å². The number of hydrogen-bond donors (Lipinski definition) is 1. The molecule has 0 spiro atoms. The molecule has 2 rings (SSSR count). The quantitative estimate of drug-likeness (QED) is 0.817. The van der Waals surface area contributed by atoms with Gasteiger partial charge in [0.15, 0.2) is 0 Å². The monoisotopic (exact) mass is 220 g/mol. The molecule has 1 fully saturated rings. The average molecular weight is 220 g/mol. The number of rotatable bonds is 5. The largest absolute Gasteiger partial charge is 0.492 e. The number of nitrogens with zero attached hydrogens (tertiary/aromatic N) is 1. The molecule has 0 amide bonds. The molecular formula is C13H20N2O. The first kappa shape index (κ1) is 11.4. The minimum absolute atomic E-state index is 0.0622. The van der Waals surface area contributed by atoms with Gasteiger partial charge in [-0.1, -0.05) is 25.1 Å². The highest BCUT2D eigenvalue weighted by atomic mass is 16.5. The van der Waals surface area contributed by atoms with E-state index in [-0.39, 0.29) is 5.54 Å². The lowest BCUT2D eigenvalue weighted by atomic mass is 9.88. The lowest BCUT2D eigenvalue weighted by molar-refractivity contribution is 0.0549. The summed E-state index contributed by atoms with van der Waals surface area (Å²) in [6, 6.07) is 9.93. The third kappa shape index (κ3) is 2.74. The summed E-state index contributed by atoms with van der Waals surface area (Å²) in [6.07, 6.45) is 1.06. The number of para-hydroxylation sites is 1. The SMILES string of the molecule is CCC1(N)CN(CCOc2ccccc2)C1. The highest BCUT2D eigenvalue weighted by Gasteiger charge is 2.36. The number of likely N-dealkylation sites (tertiary alicyclic amines) is 1. The first-order valence-electron chi connectivity index (χ1n) is 5.91. The molecule has 1 heterocycles. The highest BCUT2D eigenvalue weighted by Crippen LogP contribution is 2.20. The van der Waals surface area contributed by atoms with Crippen LogP contribution in [0.5, 0.6) is 5.75 Å². The van der Waals surface area contributed by atoms with Crippen molar-refractivity contribution in [3.63, 3.8) is 0 Å². The van der Waals surface area contributed by atoms with Crippen LogP contribution in [0.1, 0.15) is 13.3 Å². The third-order valence-electron chi connectivity index (χ3n) is 3.20. The van der Waals surface area contributed by atoms with E-state index in [1.165, 1.54) is 0 Å². The van der Waals surface area contributed by atoms with Crippen molar-refractivity contribution < 1.29 is 4.74 Å². The van der Waals surface area contributed by atoms with E-state index in [9.17, 15) is 0 Å². The predicted molar refractivity (Wildman–Crippen MR) is 65.6 cm³/mol. The molecule has 1 aliphatic rings. The van der Waals surface area contributed by atoms with E-state index in [1.54, 1.807) is 0 Å². The fourth-order valence-corrected chi connectivity index (χ4v) is 2.04. The van der Waals surface area contributed by atoms with Gasteiger partial charge in [-0.05, 0) is 18.6 Å². The van der Waals surface area contributed by atoms with E-state index in [0.29, 0.717) is 0 Å². The molecular weight excluding hydrogens is 200 g/mol. The fourth-order valence-electron chi connectivity index (χ4n) is 2.04. The lowest BCUT2D eigenvalue weighted by Gasteiger charge is -2.47. The summed E-state index contributed by atoms with van der Waals surface area (Å²) in [6.45, 7) is 5.86. The predicted octanol–water partition coefficient (Wildman–Crippen LogP) is 1.49. The normalized spacial score (nSPS) is 19.1. The molecule has 2 N–H and O–H groups in total. The molecule has 0 saturated carbocycles. The first-order chi connectivity index (χ1) is 7.72. The standard InChI is InChI=1S/C13H20N2O/c1-2-13(14)10-15(11-13)8-9-16-12-6-4-3-5-7-12/h3-7H,2,8-11,14H2,1H3. The van der Waals surface area contributed by atoms with Crippen LogP contribution in [0.2, 0.25) is 0 Å². The summed E-state index contributed by atoms with van der Waals surface area (Å²) >= 11 is 0. The molecule has 0 radical (unpaired) electrons. The third-order valence-corrected chi connectivity index (χ3v) is 3.20. The zero-order valence-electron chi connectivity index (χ0n) is 9.86. The van der Waals surface area contributed by atoms with Crippen molar-refractivity contribution in [1.29, 1.82) is 0 Å². The van der Waals surface area contributed by atoms with Crippen molar-refractivity contribution in [3.8, 4) is 5.75 Å². The summed E-state index contributed by atoms with van der Waals surface area (Å²) in [5.74, 6) is 0.942. The number of nitrogens with two attached hydrogens (primary N) is 1. The van der Waals surface area contributed by atoms with E-state index in [2.05, 4.69) is 11.8 Å². The Balaban J connectivity index is 1.64. The fraction of sp³-hybridized carbons (Fsp3) is 0.538. The van der Waals surface area contributed by atoms with Crippen LogP contribution in [0, 0.1) is 0 Å². The number of ether oxygens (including phenoxy) is 1. The van der Waals surface area contributed by atoms with E-state index >= 15 is 0 Å². The Kier molecular flexibility index (Phi) is 3.46. The maximum Gasteiger partial charge on any atom is 0.119 e. The van der Waals surface area contributed by atoms with E-state index < -0.39 is 0 Å². The molecule has 0 unspecified atom stereocenters. The molecule has 0 atom stereocenters. The molecule has 3 nitrogen and oxygen atoms in total. The van der Waals surface area contributed by atoms with E-state index in [1.807, 2.05) is 30.3 Å². The lowest BCUT2D eigenvalue weighted by Crippen LogP contribution is -2.67. The molecule has 16 heavy (non-hydrogen) atoms. The topological polar surface area (TPSA) is 38.5 Å². The van der Waals surface area contributed by atoms with Crippen molar-refractivity contribution in [2.24, 2.45) is 5.73 Å². The minimum atomic E-state index is 0.0622. The first-order valence-corrected chi connectivity index (χ1v) is 5.91. The summed E-state index contributed by atoms with van der Waals surface area (Å²) in [5.41, 5.74) is 6.16. The van der Waals surface area contributed by atoms with Crippen LogP contribution in [0.15, 0.2) is 30.3 Å². The van der Waals surface area contributed by atoms with Crippen molar-refractivity contribution in [3.05, 3.63) is 30.3 Å². The Bertz CT molecular complexity index is 320. The Morgan fingerprint density at radius 3 is 2.62 bits per heavy atom. The van der Waals surface area contributed by atoms with Gasteiger partial charge in [-0.15, -0.1) is 0 Å². The van der Waals surface area contributed by atoms with Gasteiger partial charge in [-0.2, -0.15) is 0 Å². The Morgan fingerprint density at radius 1 is 1.31 bits per heavy atom. The van der Waals surface area contributed by atoms with Gasteiger partial charge in [0.25, 0.3) is 0 Å². The van der Waals surface area contributed by atoms with Gasteiger partial charge in [0.2, 0.25) is 0 Å². The van der Waals surface area contributed by atoms with E-state index in [4.69, 9.17) is 10.5 Å². The zero-order valence-corrected chi connectivity index (χ0v) is 9.86. The second kappa shape index (κ2) is 4.85. The minimum Gasteiger partial charge on any atom is -0.492 e. The molecule has 3 heteroatoms. The summed E-state index contributed by atoms with van der Waals surface area (Å²) < 4.78 is 5.63. The van der Waals surface area contributed by atoms with Gasteiger partial charge in [0, 0.05) is 25.2 Å². The average Bonchev–Trinajstić information content (AvgIpc) is 2.28. The molecule has 0 aromatic heterocycles. The Morgan fingerprint density at radius 2 is 2.00 bits per heavy atom. The smallest absolute Gasteiger partial charge is 0.119 e. The summed E-state index contributed by atoms with van der Waals surface area (Å²) in [7, 11) is 0.